The van der Waals surface area contributed by atoms with Crippen LogP contribution in [0.4, 0.5) is 14.9 Å². The lowest BCUT2D eigenvalue weighted by atomic mass is 9.89. The van der Waals surface area contributed by atoms with Gasteiger partial charge in [-0.15, -0.1) is 0 Å². The molecule has 6 heteroatoms. The molecule has 150 valence electrons. The van der Waals surface area contributed by atoms with Gasteiger partial charge in [0.2, 0.25) is 0 Å². The highest BCUT2D eigenvalue weighted by atomic mass is 19.1. The average Bonchev–Trinajstić information content (AvgIpc) is 3.41. The number of nitrogens with one attached hydrogen (secondary N) is 1. The van der Waals surface area contributed by atoms with Crippen molar-refractivity contribution in [2.75, 3.05) is 12.0 Å². The second-order valence-corrected chi connectivity index (χ2v) is 8.61. The van der Waals surface area contributed by atoms with Gasteiger partial charge in [-0.25, -0.2) is 9.18 Å². The average molecular weight is 378 g/mol. The predicted molar refractivity (Wildman–Crippen MR) is 104 cm³/mol. The molecule has 3 rings (SSSR count). The third kappa shape index (κ3) is 5.27. The van der Waals surface area contributed by atoms with Gasteiger partial charge in [-0.1, -0.05) is 0 Å². The first-order chi connectivity index (χ1) is 12.8. The second kappa shape index (κ2) is 7.95. The van der Waals surface area contributed by atoms with Gasteiger partial charge in [0.15, 0.2) is 0 Å². The minimum atomic E-state index is -0.483. The first kappa shape index (κ1) is 19.8. The highest BCUT2D eigenvalue weighted by Gasteiger charge is 2.37. The Morgan fingerprint density at radius 1 is 1.11 bits per heavy atom. The summed E-state index contributed by atoms with van der Waals surface area (Å²) in [6.07, 6.45) is 5.78. The maximum Gasteiger partial charge on any atom is 0.407 e. The lowest BCUT2D eigenvalue weighted by Crippen LogP contribution is -2.46. The van der Waals surface area contributed by atoms with Crippen molar-refractivity contribution in [1.82, 2.24) is 5.32 Å². The Kier molecular flexibility index (Phi) is 5.82. The van der Waals surface area contributed by atoms with Crippen LogP contribution >= 0.6 is 0 Å². The van der Waals surface area contributed by atoms with E-state index in [9.17, 15) is 9.18 Å². The number of amides is 1. The molecule has 0 bridgehead atoms. The van der Waals surface area contributed by atoms with E-state index in [2.05, 4.69) is 10.2 Å². The van der Waals surface area contributed by atoms with Crippen molar-refractivity contribution in [3.63, 3.8) is 0 Å². The Balaban J connectivity index is 1.62. The number of hydrogen-bond donors (Lipinski definition) is 1. The lowest BCUT2D eigenvalue weighted by molar-refractivity contribution is 0.0491. The van der Waals surface area contributed by atoms with E-state index in [0.29, 0.717) is 17.8 Å². The van der Waals surface area contributed by atoms with Gasteiger partial charge in [-0.05, 0) is 71.4 Å². The maximum atomic E-state index is 13.6. The summed E-state index contributed by atoms with van der Waals surface area (Å²) in [4.78, 5) is 14.4. The first-order valence-corrected chi connectivity index (χ1v) is 9.88. The largest absolute Gasteiger partial charge is 0.494 e. The summed E-state index contributed by atoms with van der Waals surface area (Å²) in [6, 6.07) is 5.83. The molecule has 0 atom stereocenters. The highest BCUT2D eigenvalue weighted by Crippen LogP contribution is 2.41. The molecular weight excluding hydrogens is 347 g/mol. The molecule has 0 radical (unpaired) electrons. The Morgan fingerprint density at radius 2 is 1.70 bits per heavy atom. The number of methoxy groups -OCH3 is 1. The van der Waals surface area contributed by atoms with Gasteiger partial charge in [-0.3, -0.25) is 0 Å². The molecular formula is C21H31FN2O3. The molecule has 1 amide bonds. The molecule has 2 aliphatic rings. The number of halogens is 1. The zero-order chi connectivity index (χ0) is 19.6. The third-order valence-corrected chi connectivity index (χ3v) is 5.17. The monoisotopic (exact) mass is 378 g/mol. The van der Waals surface area contributed by atoms with E-state index < -0.39 is 5.60 Å². The number of carbonyl (C=O) groups excluding carboxylic acids is 1. The number of rotatable bonds is 5. The van der Waals surface area contributed by atoms with Crippen LogP contribution in [0.3, 0.4) is 0 Å². The van der Waals surface area contributed by atoms with Crippen LogP contribution in [0.1, 0.15) is 59.3 Å². The molecule has 0 saturated heterocycles. The van der Waals surface area contributed by atoms with E-state index in [1.165, 1.54) is 12.1 Å². The van der Waals surface area contributed by atoms with Crippen LogP contribution in [0.25, 0.3) is 0 Å². The molecule has 27 heavy (non-hydrogen) atoms. The first-order valence-electron chi connectivity index (χ1n) is 9.88. The summed E-state index contributed by atoms with van der Waals surface area (Å²) in [5, 5.41) is 3.00. The fourth-order valence-corrected chi connectivity index (χ4v) is 3.88. The van der Waals surface area contributed by atoms with Crippen LogP contribution < -0.4 is 15.0 Å². The number of nitrogens with zero attached hydrogens (tertiary/aromatic N) is 1. The van der Waals surface area contributed by atoms with Gasteiger partial charge < -0.3 is 19.7 Å². The second-order valence-electron chi connectivity index (χ2n) is 8.61. The Bertz CT molecular complexity index is 662. The standard InChI is InChI=1S/C21H31FN2O3/c1-21(2,3)27-20(25)23-15-6-8-16(9-7-15)24(17-10-11-17)18-12-5-14(22)13-19(18)26-4/h5,12-13,15-17H,6-11H2,1-4H3,(H,23,25)/t15-,16+. The van der Waals surface area contributed by atoms with Gasteiger partial charge in [0.25, 0.3) is 0 Å². The molecule has 2 fully saturated rings. The number of carbonyl (C=O) groups is 1. The fourth-order valence-electron chi connectivity index (χ4n) is 3.88. The Hall–Kier alpha value is -1.98. The van der Waals surface area contributed by atoms with Crippen LogP contribution in [0, 0.1) is 5.82 Å². The van der Waals surface area contributed by atoms with Crippen molar-refractivity contribution in [2.24, 2.45) is 0 Å². The summed E-state index contributed by atoms with van der Waals surface area (Å²) in [7, 11) is 1.59. The zero-order valence-electron chi connectivity index (χ0n) is 16.8. The molecule has 0 heterocycles. The normalized spacial score (nSPS) is 22.9. The predicted octanol–water partition coefficient (Wildman–Crippen LogP) is 4.64. The van der Waals surface area contributed by atoms with E-state index >= 15 is 0 Å². The van der Waals surface area contributed by atoms with Gasteiger partial charge >= 0.3 is 6.09 Å². The summed E-state index contributed by atoms with van der Waals surface area (Å²) < 4.78 is 24.4. The summed E-state index contributed by atoms with van der Waals surface area (Å²) >= 11 is 0. The van der Waals surface area contributed by atoms with Gasteiger partial charge in [0.05, 0.1) is 12.8 Å². The van der Waals surface area contributed by atoms with E-state index in [1.807, 2.05) is 26.8 Å². The SMILES string of the molecule is COc1cc(F)ccc1N(C1CC1)[C@H]1CC[C@@H](NC(=O)OC(C)(C)C)CC1. The molecule has 1 aromatic carbocycles. The van der Waals surface area contributed by atoms with E-state index in [4.69, 9.17) is 9.47 Å². The van der Waals surface area contributed by atoms with Crippen molar-refractivity contribution in [1.29, 1.82) is 0 Å². The van der Waals surface area contributed by atoms with E-state index in [1.54, 1.807) is 7.11 Å². The summed E-state index contributed by atoms with van der Waals surface area (Å²) in [5.74, 6) is 0.313. The Labute approximate surface area is 161 Å². The number of ether oxygens (including phenoxy) is 2. The topological polar surface area (TPSA) is 50.8 Å². The summed E-state index contributed by atoms with van der Waals surface area (Å²) in [6.45, 7) is 5.60. The van der Waals surface area contributed by atoms with Crippen molar-refractivity contribution in [3.8, 4) is 5.75 Å². The lowest BCUT2D eigenvalue weighted by Gasteiger charge is -2.39. The van der Waals surface area contributed by atoms with Crippen molar-refractivity contribution in [3.05, 3.63) is 24.0 Å². The van der Waals surface area contributed by atoms with E-state index in [0.717, 1.165) is 44.2 Å². The fraction of sp³-hybridized carbons (Fsp3) is 0.667. The molecule has 2 saturated carbocycles. The number of benzene rings is 1. The van der Waals surface area contributed by atoms with Gasteiger partial charge in [0, 0.05) is 24.2 Å². The minimum Gasteiger partial charge on any atom is -0.494 e. The molecule has 1 aromatic rings. The van der Waals surface area contributed by atoms with Crippen LogP contribution in [-0.2, 0) is 4.74 Å². The number of anilines is 1. The molecule has 2 aliphatic carbocycles. The van der Waals surface area contributed by atoms with Crippen LogP contribution in [0.15, 0.2) is 18.2 Å². The van der Waals surface area contributed by atoms with Crippen molar-refractivity contribution in [2.45, 2.75) is 83.0 Å². The Morgan fingerprint density at radius 3 is 2.22 bits per heavy atom. The molecule has 0 aromatic heterocycles. The van der Waals surface area contributed by atoms with Crippen molar-refractivity contribution < 1.29 is 18.7 Å². The van der Waals surface area contributed by atoms with Crippen LogP contribution in [0.5, 0.6) is 5.75 Å². The van der Waals surface area contributed by atoms with Crippen LogP contribution in [0.2, 0.25) is 0 Å². The maximum absolute atomic E-state index is 13.6. The minimum absolute atomic E-state index is 0.146. The molecule has 0 aliphatic heterocycles. The van der Waals surface area contributed by atoms with Crippen LogP contribution in [-0.4, -0.2) is 36.9 Å². The van der Waals surface area contributed by atoms with E-state index in [-0.39, 0.29) is 18.0 Å². The molecule has 0 spiro atoms. The molecule has 1 N–H and O–H groups in total. The quantitative estimate of drug-likeness (QED) is 0.811. The smallest absolute Gasteiger partial charge is 0.407 e. The third-order valence-electron chi connectivity index (χ3n) is 5.17. The molecule has 5 nitrogen and oxygen atoms in total. The highest BCUT2D eigenvalue weighted by molar-refractivity contribution is 5.68. The summed E-state index contributed by atoms with van der Waals surface area (Å²) in [5.41, 5.74) is 0.494. The molecule has 0 unspecified atom stereocenters. The van der Waals surface area contributed by atoms with Crippen molar-refractivity contribution >= 4 is 11.8 Å². The van der Waals surface area contributed by atoms with Gasteiger partial charge in [0.1, 0.15) is 17.2 Å². The zero-order valence-corrected chi connectivity index (χ0v) is 16.8. The number of alkyl carbamates (subject to hydrolysis) is 1. The van der Waals surface area contributed by atoms with Gasteiger partial charge in [-0.2, -0.15) is 0 Å². The number of hydrogen-bond acceptors (Lipinski definition) is 4.